The lowest BCUT2D eigenvalue weighted by atomic mass is 10.1. The van der Waals surface area contributed by atoms with E-state index < -0.39 is 17.9 Å². The molecule has 5 N–H and O–H groups in total. The van der Waals surface area contributed by atoms with E-state index in [1.54, 1.807) is 12.1 Å². The summed E-state index contributed by atoms with van der Waals surface area (Å²) in [6.07, 6.45) is 2.25. The van der Waals surface area contributed by atoms with Gasteiger partial charge in [0.25, 0.3) is 5.91 Å². The van der Waals surface area contributed by atoms with Crippen LogP contribution < -0.4 is 21.7 Å². The number of anilines is 1. The van der Waals surface area contributed by atoms with Gasteiger partial charge < -0.3 is 21.7 Å². The number of carbonyl (C=O) groups excluding carboxylic acids is 3. The first-order valence-electron chi connectivity index (χ1n) is 8.68. The van der Waals surface area contributed by atoms with Crippen LogP contribution in [0.15, 0.2) is 18.2 Å². The van der Waals surface area contributed by atoms with Crippen molar-refractivity contribution in [3.63, 3.8) is 0 Å². The molecular weight excluding hydrogens is 356 g/mol. The number of hydrogen-bond acceptors (Lipinski definition) is 4. The molecule has 26 heavy (non-hydrogen) atoms. The molecule has 1 aromatic carbocycles. The third kappa shape index (κ3) is 6.00. The predicted octanol–water partition coefficient (Wildman–Crippen LogP) is 1.52. The first-order chi connectivity index (χ1) is 12.3. The zero-order valence-electron chi connectivity index (χ0n) is 15.0. The van der Waals surface area contributed by atoms with E-state index in [9.17, 15) is 14.4 Å². The van der Waals surface area contributed by atoms with Crippen molar-refractivity contribution in [2.75, 3.05) is 18.4 Å². The molecule has 0 aliphatic heterocycles. The number of rotatable bonds is 8. The summed E-state index contributed by atoms with van der Waals surface area (Å²) in [6.45, 7) is 4.03. The fraction of sp³-hybridized carbons (Fsp3) is 0.500. The molecule has 1 fully saturated rings. The molecular formula is C18H25ClN4O3. The summed E-state index contributed by atoms with van der Waals surface area (Å²) in [5.41, 5.74) is 6.36. The smallest absolute Gasteiger partial charge is 0.253 e. The Bertz CT molecular complexity index is 689. The number of hydrogen-bond donors (Lipinski definition) is 4. The fourth-order valence-corrected chi connectivity index (χ4v) is 2.42. The lowest BCUT2D eigenvalue weighted by molar-refractivity contribution is -0.125. The topological polar surface area (TPSA) is 113 Å². The molecule has 0 bridgehead atoms. The van der Waals surface area contributed by atoms with Gasteiger partial charge in [0, 0.05) is 11.6 Å². The highest BCUT2D eigenvalue weighted by Gasteiger charge is 2.23. The lowest BCUT2D eigenvalue weighted by Gasteiger charge is -2.16. The van der Waals surface area contributed by atoms with E-state index >= 15 is 0 Å². The highest BCUT2D eigenvalue weighted by Crippen LogP contribution is 2.28. The molecule has 0 radical (unpaired) electrons. The van der Waals surface area contributed by atoms with E-state index in [0.29, 0.717) is 23.2 Å². The van der Waals surface area contributed by atoms with Crippen LogP contribution in [0.1, 0.15) is 37.0 Å². The molecule has 1 saturated carbocycles. The van der Waals surface area contributed by atoms with Crippen molar-refractivity contribution >= 4 is 35.0 Å². The fourth-order valence-electron chi connectivity index (χ4n) is 2.25. The Hall–Kier alpha value is -2.12. The van der Waals surface area contributed by atoms with E-state index in [2.05, 4.69) is 16.0 Å². The standard InChI is InChI=1S/C18H25ClN4O3/c1-10(2)16(20)18(26)22-9-15(24)23-14-6-5-12(19)7-13(14)17(25)21-8-11-3-4-11/h5-7,10-11,16H,3-4,8-9,20H2,1-2H3,(H,21,25)(H,22,26)(H,23,24)/t16-/m0/s1. The Morgan fingerprint density at radius 1 is 1.23 bits per heavy atom. The maximum absolute atomic E-state index is 12.4. The van der Waals surface area contributed by atoms with Crippen LogP contribution in [-0.4, -0.2) is 36.9 Å². The second-order valence-corrected chi connectivity index (χ2v) is 7.32. The van der Waals surface area contributed by atoms with Crippen molar-refractivity contribution in [3.8, 4) is 0 Å². The van der Waals surface area contributed by atoms with Crippen LogP contribution in [0.2, 0.25) is 5.02 Å². The monoisotopic (exact) mass is 380 g/mol. The van der Waals surface area contributed by atoms with Crippen LogP contribution in [-0.2, 0) is 9.59 Å². The van der Waals surface area contributed by atoms with Crippen LogP contribution >= 0.6 is 11.6 Å². The average Bonchev–Trinajstić information content (AvgIpc) is 3.42. The first-order valence-corrected chi connectivity index (χ1v) is 9.06. The highest BCUT2D eigenvalue weighted by atomic mass is 35.5. The number of amides is 3. The molecule has 2 rings (SSSR count). The minimum absolute atomic E-state index is 0.0314. The summed E-state index contributed by atoms with van der Waals surface area (Å²) in [4.78, 5) is 36.3. The maximum Gasteiger partial charge on any atom is 0.253 e. The SMILES string of the molecule is CC(C)[C@H](N)C(=O)NCC(=O)Nc1ccc(Cl)cc1C(=O)NCC1CC1. The molecule has 7 nitrogen and oxygen atoms in total. The van der Waals surface area contributed by atoms with Gasteiger partial charge in [0.1, 0.15) is 0 Å². The summed E-state index contributed by atoms with van der Waals surface area (Å²) < 4.78 is 0. The summed E-state index contributed by atoms with van der Waals surface area (Å²) in [5, 5.41) is 8.36. The van der Waals surface area contributed by atoms with Crippen molar-refractivity contribution in [1.82, 2.24) is 10.6 Å². The molecule has 1 atom stereocenters. The van der Waals surface area contributed by atoms with Gasteiger partial charge in [-0.1, -0.05) is 25.4 Å². The summed E-state index contributed by atoms with van der Waals surface area (Å²) >= 11 is 5.98. The van der Waals surface area contributed by atoms with Gasteiger partial charge in [-0.15, -0.1) is 0 Å². The van der Waals surface area contributed by atoms with Crippen LogP contribution in [0.5, 0.6) is 0 Å². The molecule has 0 unspecified atom stereocenters. The van der Waals surface area contributed by atoms with Crippen LogP contribution in [0, 0.1) is 11.8 Å². The van der Waals surface area contributed by atoms with Gasteiger partial charge in [-0.25, -0.2) is 0 Å². The Morgan fingerprint density at radius 2 is 1.92 bits per heavy atom. The average molecular weight is 381 g/mol. The Labute approximate surface area is 158 Å². The second-order valence-electron chi connectivity index (χ2n) is 6.88. The number of carbonyl (C=O) groups is 3. The van der Waals surface area contributed by atoms with Crippen LogP contribution in [0.3, 0.4) is 0 Å². The van der Waals surface area contributed by atoms with Gasteiger partial charge in [0.2, 0.25) is 11.8 Å². The Kier molecular flexibility index (Phi) is 6.99. The van der Waals surface area contributed by atoms with Crippen molar-refractivity contribution in [3.05, 3.63) is 28.8 Å². The lowest BCUT2D eigenvalue weighted by Crippen LogP contribution is -2.46. The van der Waals surface area contributed by atoms with Crippen molar-refractivity contribution in [1.29, 1.82) is 0 Å². The molecule has 1 aliphatic rings. The third-order valence-corrected chi connectivity index (χ3v) is 4.43. The van der Waals surface area contributed by atoms with Gasteiger partial charge in [-0.2, -0.15) is 0 Å². The van der Waals surface area contributed by atoms with Gasteiger partial charge in [0.05, 0.1) is 23.8 Å². The van der Waals surface area contributed by atoms with Gasteiger partial charge >= 0.3 is 0 Å². The molecule has 1 aliphatic carbocycles. The summed E-state index contributed by atoms with van der Waals surface area (Å²) in [6, 6.07) is 3.98. The van der Waals surface area contributed by atoms with Crippen LogP contribution in [0.4, 0.5) is 5.69 Å². The molecule has 1 aromatic rings. The van der Waals surface area contributed by atoms with E-state index in [1.807, 2.05) is 13.8 Å². The summed E-state index contributed by atoms with van der Waals surface area (Å²) in [7, 11) is 0. The molecule has 0 spiro atoms. The van der Waals surface area contributed by atoms with Crippen molar-refractivity contribution < 1.29 is 14.4 Å². The molecule has 142 valence electrons. The Morgan fingerprint density at radius 3 is 2.54 bits per heavy atom. The van der Waals surface area contributed by atoms with Crippen molar-refractivity contribution in [2.45, 2.75) is 32.7 Å². The molecule has 0 aromatic heterocycles. The number of nitrogens with one attached hydrogen (secondary N) is 3. The van der Waals surface area contributed by atoms with E-state index in [1.165, 1.54) is 6.07 Å². The zero-order valence-corrected chi connectivity index (χ0v) is 15.7. The summed E-state index contributed by atoms with van der Waals surface area (Å²) in [5.74, 6) is -0.630. The van der Waals surface area contributed by atoms with Gasteiger partial charge in [-0.05, 0) is 42.9 Å². The van der Waals surface area contributed by atoms with E-state index in [-0.39, 0.29) is 23.9 Å². The number of benzene rings is 1. The van der Waals surface area contributed by atoms with Gasteiger partial charge in [0.15, 0.2) is 0 Å². The van der Waals surface area contributed by atoms with Gasteiger partial charge in [-0.3, -0.25) is 14.4 Å². The normalized spacial score (nSPS) is 14.7. The molecule has 0 heterocycles. The first kappa shape index (κ1) is 20.2. The largest absolute Gasteiger partial charge is 0.352 e. The van der Waals surface area contributed by atoms with E-state index in [4.69, 9.17) is 17.3 Å². The quantitative estimate of drug-likeness (QED) is 0.547. The van der Waals surface area contributed by atoms with Crippen LogP contribution in [0.25, 0.3) is 0 Å². The second kappa shape index (κ2) is 9.00. The van der Waals surface area contributed by atoms with E-state index in [0.717, 1.165) is 12.8 Å². The predicted molar refractivity (Wildman–Crippen MR) is 101 cm³/mol. The zero-order chi connectivity index (χ0) is 19.3. The van der Waals surface area contributed by atoms with Crippen molar-refractivity contribution in [2.24, 2.45) is 17.6 Å². The molecule has 8 heteroatoms. The number of nitrogens with two attached hydrogens (primary N) is 1. The molecule has 3 amide bonds. The minimum Gasteiger partial charge on any atom is -0.352 e. The Balaban J connectivity index is 1.95. The third-order valence-electron chi connectivity index (χ3n) is 4.19. The maximum atomic E-state index is 12.4. The molecule has 0 saturated heterocycles. The minimum atomic E-state index is -0.679. The highest BCUT2D eigenvalue weighted by molar-refractivity contribution is 6.31. The number of halogens is 1.